The molecule has 0 aromatic heterocycles. The maximum absolute atomic E-state index is 12.5. The Hall–Kier alpha value is -2.10. The number of rotatable bonds is 8. The zero-order valence-corrected chi connectivity index (χ0v) is 15.7. The van der Waals surface area contributed by atoms with Crippen molar-refractivity contribution in [2.24, 2.45) is 5.92 Å². The lowest BCUT2D eigenvalue weighted by atomic mass is 10.1. The van der Waals surface area contributed by atoms with E-state index in [4.69, 9.17) is 10.5 Å². The van der Waals surface area contributed by atoms with Crippen LogP contribution in [0.2, 0.25) is 0 Å². The van der Waals surface area contributed by atoms with Crippen LogP contribution in [0.5, 0.6) is 0 Å². The van der Waals surface area contributed by atoms with E-state index in [0.29, 0.717) is 13.2 Å². The summed E-state index contributed by atoms with van der Waals surface area (Å²) < 4.78 is 5.51. The van der Waals surface area contributed by atoms with Gasteiger partial charge in [-0.1, -0.05) is 19.4 Å². The number of benzene rings is 1. The largest absolute Gasteiger partial charge is 0.412 e. The molecule has 2 atom stereocenters. The van der Waals surface area contributed by atoms with Gasteiger partial charge < -0.3 is 21.3 Å². The van der Waals surface area contributed by atoms with Crippen molar-refractivity contribution in [2.75, 3.05) is 18.9 Å². The van der Waals surface area contributed by atoms with E-state index in [-0.39, 0.29) is 39.6 Å². The second-order valence-corrected chi connectivity index (χ2v) is 7.02. The molecule has 0 spiro atoms. The smallest absolute Gasteiger partial charge is 0.292 e. The molecule has 1 aliphatic heterocycles. The highest BCUT2D eigenvalue weighted by Gasteiger charge is 2.30. The second-order valence-electron chi connectivity index (χ2n) is 5.75. The van der Waals surface area contributed by atoms with Crippen molar-refractivity contribution in [1.29, 1.82) is 0 Å². The van der Waals surface area contributed by atoms with Crippen molar-refractivity contribution in [2.45, 2.75) is 32.1 Å². The molecule has 0 saturated heterocycles. The summed E-state index contributed by atoms with van der Waals surface area (Å²) in [5.41, 5.74) is 5.58. The third kappa shape index (κ3) is 5.45. The summed E-state index contributed by atoms with van der Waals surface area (Å²) in [4.78, 5) is 24.2. The first-order chi connectivity index (χ1) is 12.0. The molecule has 2 unspecified atom stereocenters. The van der Waals surface area contributed by atoms with E-state index in [1.807, 2.05) is 6.92 Å². The molecule has 2 rings (SSSR count). The minimum Gasteiger partial charge on any atom is -0.412 e. The number of hydrogen-bond donors (Lipinski definition) is 2. The Morgan fingerprint density at radius 2 is 2.15 bits per heavy atom. The van der Waals surface area contributed by atoms with E-state index < -0.39 is 4.92 Å². The summed E-state index contributed by atoms with van der Waals surface area (Å²) in [5.74, 6) is -0.271. The Balaban J connectivity index is 0.00000338. The molecule has 0 saturated carbocycles. The van der Waals surface area contributed by atoms with Gasteiger partial charge >= 0.3 is 0 Å². The Labute approximate surface area is 156 Å². The second kappa shape index (κ2) is 10.1. The normalized spacial score (nSPS) is 18.8. The van der Waals surface area contributed by atoms with Crippen molar-refractivity contribution in [3.8, 4) is 0 Å². The molecule has 5 N–H and O–H groups in total. The number of nitrogens with zero attached hydrogens (tertiary/aromatic N) is 1. The highest BCUT2D eigenvalue weighted by atomic mass is 32.2. The summed E-state index contributed by atoms with van der Waals surface area (Å²) >= 11 is 1.62. The number of amides is 1. The number of nitrogen functional groups attached to an aromatic ring is 1. The predicted octanol–water partition coefficient (Wildman–Crippen LogP) is 2.49. The third-order valence-corrected chi connectivity index (χ3v) is 5.21. The molecule has 0 radical (unpaired) electrons. The van der Waals surface area contributed by atoms with Gasteiger partial charge in [0, 0.05) is 24.2 Å². The number of thioether (sulfide) groups is 1. The summed E-state index contributed by atoms with van der Waals surface area (Å²) in [6, 6.07) is 4.09. The van der Waals surface area contributed by atoms with Gasteiger partial charge in [0.25, 0.3) is 11.6 Å². The Morgan fingerprint density at radius 3 is 2.77 bits per heavy atom. The number of allylic oxidation sites excluding steroid dienone is 1. The number of carbonyl (C=O) groups excluding carboxylic acids is 1. The van der Waals surface area contributed by atoms with Gasteiger partial charge in [-0.05, 0) is 30.4 Å². The molecule has 1 amide bonds. The minimum absolute atomic E-state index is 0. The molecule has 144 valence electrons. The van der Waals surface area contributed by atoms with E-state index >= 15 is 0 Å². The third-order valence-electron chi connectivity index (χ3n) is 3.84. The maximum Gasteiger partial charge on any atom is 0.292 e. The molecule has 26 heavy (non-hydrogen) atoms. The average molecular weight is 383 g/mol. The van der Waals surface area contributed by atoms with Crippen molar-refractivity contribution in [1.82, 2.24) is 5.32 Å². The highest BCUT2D eigenvalue weighted by molar-refractivity contribution is 8.03. The van der Waals surface area contributed by atoms with Gasteiger partial charge in [-0.15, -0.1) is 11.8 Å². The van der Waals surface area contributed by atoms with Crippen LogP contribution in [-0.2, 0) is 4.74 Å². The summed E-state index contributed by atoms with van der Waals surface area (Å²) in [6.07, 6.45) is 4.15. The number of nitrogens with one attached hydrogen (secondary N) is 1. The first kappa shape index (κ1) is 21.9. The molecule has 8 nitrogen and oxygen atoms in total. The van der Waals surface area contributed by atoms with Crippen LogP contribution in [0, 0.1) is 16.0 Å². The molecule has 1 heterocycles. The molecular formula is C17H25N3O5S. The van der Waals surface area contributed by atoms with Crippen LogP contribution < -0.4 is 11.1 Å². The Kier molecular flexibility index (Phi) is 8.56. The van der Waals surface area contributed by atoms with Crippen LogP contribution in [-0.4, -0.2) is 34.9 Å². The van der Waals surface area contributed by atoms with Crippen molar-refractivity contribution >= 4 is 29.0 Å². The van der Waals surface area contributed by atoms with Gasteiger partial charge in [0.05, 0.1) is 16.9 Å². The molecule has 9 heteroatoms. The monoisotopic (exact) mass is 383 g/mol. The average Bonchev–Trinajstić information content (AvgIpc) is 2.94. The lowest BCUT2D eigenvalue weighted by Gasteiger charge is -2.20. The highest BCUT2D eigenvalue weighted by Crippen LogP contribution is 2.38. The van der Waals surface area contributed by atoms with Gasteiger partial charge in [0.2, 0.25) is 0 Å². The van der Waals surface area contributed by atoms with E-state index in [1.54, 1.807) is 11.8 Å². The van der Waals surface area contributed by atoms with Gasteiger partial charge in [0.1, 0.15) is 5.69 Å². The van der Waals surface area contributed by atoms with Crippen molar-refractivity contribution < 1.29 is 19.9 Å². The molecule has 0 fully saturated rings. The SMILES string of the molecule is CCCC1=CC(COCC)C(NC(=O)c2ccc(N)c([N+](=O)[O-])c2)S1.O. The van der Waals surface area contributed by atoms with Gasteiger partial charge in [-0.2, -0.15) is 0 Å². The minimum atomic E-state index is -0.588. The number of hydrogen-bond acceptors (Lipinski definition) is 6. The standard InChI is InChI=1S/C17H23N3O4S.H2O/c1-3-5-13-8-12(10-24-4-2)17(25-13)19-16(21)11-6-7-14(18)15(9-11)20(22)23;/h6-9,12,17H,3-5,10,18H2,1-2H3,(H,19,21);1H2. The van der Waals surface area contributed by atoms with E-state index in [2.05, 4.69) is 18.3 Å². The van der Waals surface area contributed by atoms with E-state index in [0.717, 1.165) is 12.8 Å². The summed E-state index contributed by atoms with van der Waals surface area (Å²) in [6.45, 7) is 5.19. The van der Waals surface area contributed by atoms with Gasteiger partial charge in [-0.25, -0.2) is 0 Å². The quantitative estimate of drug-likeness (QED) is 0.401. The predicted molar refractivity (Wildman–Crippen MR) is 103 cm³/mol. The van der Waals surface area contributed by atoms with Gasteiger partial charge in [0.15, 0.2) is 0 Å². The van der Waals surface area contributed by atoms with E-state index in [1.165, 1.54) is 23.1 Å². The lowest BCUT2D eigenvalue weighted by Crippen LogP contribution is -2.37. The lowest BCUT2D eigenvalue weighted by molar-refractivity contribution is -0.383. The van der Waals surface area contributed by atoms with Crippen LogP contribution >= 0.6 is 11.8 Å². The van der Waals surface area contributed by atoms with Gasteiger partial charge in [-0.3, -0.25) is 14.9 Å². The fourth-order valence-corrected chi connectivity index (χ4v) is 3.99. The number of ether oxygens (including phenoxy) is 1. The first-order valence-electron chi connectivity index (χ1n) is 8.26. The van der Waals surface area contributed by atoms with Crippen molar-refractivity contribution in [3.05, 3.63) is 44.9 Å². The number of nitro groups is 1. The molecule has 0 aliphatic carbocycles. The number of nitro benzene ring substituents is 1. The van der Waals surface area contributed by atoms with Crippen LogP contribution in [0.1, 0.15) is 37.0 Å². The van der Waals surface area contributed by atoms with Crippen molar-refractivity contribution in [3.63, 3.8) is 0 Å². The zero-order chi connectivity index (χ0) is 18.4. The van der Waals surface area contributed by atoms with Crippen LogP contribution in [0.3, 0.4) is 0 Å². The Bertz CT molecular complexity index is 680. The number of nitrogens with two attached hydrogens (primary N) is 1. The van der Waals surface area contributed by atoms with Crippen LogP contribution in [0.4, 0.5) is 11.4 Å². The number of anilines is 1. The maximum atomic E-state index is 12.5. The Morgan fingerprint density at radius 1 is 1.42 bits per heavy atom. The number of carbonyl (C=O) groups is 1. The van der Waals surface area contributed by atoms with E-state index in [9.17, 15) is 14.9 Å². The summed E-state index contributed by atoms with van der Waals surface area (Å²) in [5, 5.41) is 13.8. The van der Waals surface area contributed by atoms with Crippen LogP contribution in [0.15, 0.2) is 29.2 Å². The fraction of sp³-hybridized carbons (Fsp3) is 0.471. The first-order valence-corrected chi connectivity index (χ1v) is 9.14. The molecule has 0 bridgehead atoms. The summed E-state index contributed by atoms with van der Waals surface area (Å²) in [7, 11) is 0. The molecule has 1 aliphatic rings. The van der Waals surface area contributed by atoms with Crippen LogP contribution in [0.25, 0.3) is 0 Å². The zero-order valence-electron chi connectivity index (χ0n) is 14.9. The molecule has 1 aromatic rings. The fourth-order valence-electron chi connectivity index (χ4n) is 2.59. The topological polar surface area (TPSA) is 139 Å². The molecule has 1 aromatic carbocycles. The molecular weight excluding hydrogens is 358 g/mol.